The molecule has 1 aromatic rings. The second kappa shape index (κ2) is 11.0. The molecule has 0 bridgehead atoms. The molecule has 0 saturated carbocycles. The Balaban J connectivity index is 1.18. The summed E-state index contributed by atoms with van der Waals surface area (Å²) < 4.78 is 6.02. The lowest BCUT2D eigenvalue weighted by atomic mass is 10.0. The van der Waals surface area contributed by atoms with E-state index in [1.807, 2.05) is 6.07 Å². The van der Waals surface area contributed by atoms with Crippen molar-refractivity contribution in [3.8, 4) is 5.75 Å². The van der Waals surface area contributed by atoms with Crippen LogP contribution in [0.25, 0.3) is 0 Å². The number of urea groups is 1. The lowest BCUT2D eigenvalue weighted by molar-refractivity contribution is -0.128. The molecule has 7 heteroatoms. The third-order valence-corrected chi connectivity index (χ3v) is 6.97. The van der Waals surface area contributed by atoms with Gasteiger partial charge in [0, 0.05) is 39.3 Å². The van der Waals surface area contributed by atoms with E-state index in [0.29, 0.717) is 6.54 Å². The molecule has 1 unspecified atom stereocenters. The number of piperazine rings is 1. The van der Waals surface area contributed by atoms with Gasteiger partial charge in [0.2, 0.25) is 0 Å². The molecule has 3 fully saturated rings. The molecule has 3 heterocycles. The molecule has 0 radical (unpaired) electrons. The topological polar surface area (TPSA) is 56.3 Å². The molecule has 32 heavy (non-hydrogen) atoms. The summed E-state index contributed by atoms with van der Waals surface area (Å²) in [6, 6.07) is 8.12. The summed E-state index contributed by atoms with van der Waals surface area (Å²) in [5.41, 5.74) is 1.20. The van der Waals surface area contributed by atoms with Crippen LogP contribution >= 0.6 is 0 Å². The van der Waals surface area contributed by atoms with E-state index in [1.165, 1.54) is 10.6 Å². The van der Waals surface area contributed by atoms with Crippen molar-refractivity contribution in [1.82, 2.24) is 14.7 Å². The van der Waals surface area contributed by atoms with Gasteiger partial charge in [0.15, 0.2) is 0 Å². The third-order valence-electron chi connectivity index (χ3n) is 6.97. The zero-order valence-electron chi connectivity index (χ0n) is 19.5. The van der Waals surface area contributed by atoms with Crippen molar-refractivity contribution in [2.45, 2.75) is 57.9 Å². The van der Waals surface area contributed by atoms with Crippen molar-refractivity contribution in [3.63, 3.8) is 0 Å². The minimum absolute atomic E-state index is 0.0307. The quantitative estimate of drug-likeness (QED) is 0.409. The first-order chi connectivity index (χ1) is 15.7. The van der Waals surface area contributed by atoms with Gasteiger partial charge in [-0.25, -0.2) is 4.79 Å². The predicted molar refractivity (Wildman–Crippen MR) is 126 cm³/mol. The van der Waals surface area contributed by atoms with E-state index < -0.39 is 0 Å². The van der Waals surface area contributed by atoms with Crippen molar-refractivity contribution in [2.24, 2.45) is 0 Å². The smallest absolute Gasteiger partial charge is 0.327 e. The number of carbonyl (C=O) groups excluding carboxylic acids is 2. The molecule has 1 atom stereocenters. The number of amides is 3. The van der Waals surface area contributed by atoms with E-state index in [-0.39, 0.29) is 18.0 Å². The van der Waals surface area contributed by atoms with Crippen LogP contribution in [0.3, 0.4) is 0 Å². The summed E-state index contributed by atoms with van der Waals surface area (Å²) in [7, 11) is 0. The van der Waals surface area contributed by atoms with Crippen molar-refractivity contribution in [3.05, 3.63) is 24.3 Å². The van der Waals surface area contributed by atoms with Gasteiger partial charge in [-0.1, -0.05) is 25.5 Å². The van der Waals surface area contributed by atoms with E-state index in [2.05, 4.69) is 34.9 Å². The average Bonchev–Trinajstić information content (AvgIpc) is 3.08. The van der Waals surface area contributed by atoms with Gasteiger partial charge in [-0.05, 0) is 57.2 Å². The number of rotatable bonds is 10. The fourth-order valence-corrected chi connectivity index (χ4v) is 5.04. The summed E-state index contributed by atoms with van der Waals surface area (Å²) in [5.74, 6) is 1.02. The molecule has 3 amide bonds. The molecule has 1 aromatic carbocycles. The summed E-state index contributed by atoms with van der Waals surface area (Å²) in [6.07, 6.45) is 7.01. The van der Waals surface area contributed by atoms with Crippen LogP contribution in [0.15, 0.2) is 24.3 Å². The number of carbonyl (C=O) groups is 2. The molecule has 0 aliphatic carbocycles. The van der Waals surface area contributed by atoms with Crippen molar-refractivity contribution < 1.29 is 14.3 Å². The number of piperidine rings is 1. The molecule has 0 spiro atoms. The lowest BCUT2D eigenvalue weighted by Gasteiger charge is -2.36. The Bertz CT molecular complexity index is 754. The average molecular weight is 443 g/mol. The van der Waals surface area contributed by atoms with E-state index in [4.69, 9.17) is 4.74 Å². The van der Waals surface area contributed by atoms with Gasteiger partial charge >= 0.3 is 6.03 Å². The Morgan fingerprint density at radius 1 is 0.938 bits per heavy atom. The zero-order chi connectivity index (χ0) is 22.3. The Hall–Kier alpha value is -2.28. The molecule has 7 nitrogen and oxygen atoms in total. The van der Waals surface area contributed by atoms with Crippen LogP contribution in [0.1, 0.15) is 51.9 Å². The maximum Gasteiger partial charge on any atom is 0.327 e. The Kier molecular flexibility index (Phi) is 7.90. The Morgan fingerprint density at radius 3 is 2.50 bits per heavy atom. The van der Waals surface area contributed by atoms with E-state index in [9.17, 15) is 9.59 Å². The number of hydrogen-bond acceptors (Lipinski definition) is 5. The largest absolute Gasteiger partial charge is 0.491 e. The van der Waals surface area contributed by atoms with Crippen LogP contribution in [0, 0.1) is 0 Å². The summed E-state index contributed by atoms with van der Waals surface area (Å²) in [6.45, 7) is 9.32. The van der Waals surface area contributed by atoms with Crippen LogP contribution in [-0.4, -0.2) is 85.1 Å². The second-order valence-electron chi connectivity index (χ2n) is 9.18. The number of para-hydroxylation sites is 2. The Labute approximate surface area is 192 Å². The highest BCUT2D eigenvalue weighted by Crippen LogP contribution is 2.29. The molecule has 0 aromatic heterocycles. The number of hydrogen-bond donors (Lipinski definition) is 0. The lowest BCUT2D eigenvalue weighted by Crippen LogP contribution is -2.46. The predicted octanol–water partition coefficient (Wildman–Crippen LogP) is 3.58. The summed E-state index contributed by atoms with van der Waals surface area (Å²) >= 11 is 0. The number of imide groups is 1. The fourth-order valence-electron chi connectivity index (χ4n) is 5.04. The molecule has 3 saturated heterocycles. The maximum atomic E-state index is 12.6. The van der Waals surface area contributed by atoms with Gasteiger partial charge in [-0.2, -0.15) is 0 Å². The minimum Gasteiger partial charge on any atom is -0.491 e. The number of benzene rings is 1. The molecule has 4 rings (SSSR count). The zero-order valence-corrected chi connectivity index (χ0v) is 19.5. The van der Waals surface area contributed by atoms with E-state index >= 15 is 0 Å². The van der Waals surface area contributed by atoms with Crippen LogP contribution in [0.2, 0.25) is 0 Å². The van der Waals surface area contributed by atoms with Crippen molar-refractivity contribution in [2.75, 3.05) is 57.3 Å². The standard InChI is InChI=1S/C25H38N4O3/c1-2-3-20-32-23-12-5-4-10-21(23)27-18-16-26(17-19-27)13-8-9-15-29-24(30)22-11-6-7-14-28(22)25(29)31/h4-5,10,12,22H,2-3,6-9,11,13-20H2,1H3. The monoisotopic (exact) mass is 442 g/mol. The first-order valence-corrected chi connectivity index (χ1v) is 12.5. The van der Waals surface area contributed by atoms with Crippen molar-refractivity contribution in [1.29, 1.82) is 0 Å². The van der Waals surface area contributed by atoms with Gasteiger partial charge in [0.05, 0.1) is 12.3 Å². The molecular formula is C25H38N4O3. The van der Waals surface area contributed by atoms with Crippen molar-refractivity contribution >= 4 is 17.6 Å². The molecule has 176 valence electrons. The molecule has 3 aliphatic heterocycles. The summed E-state index contributed by atoms with van der Waals surface area (Å²) in [4.78, 5) is 33.3. The molecular weight excluding hydrogens is 404 g/mol. The van der Waals surface area contributed by atoms with E-state index in [0.717, 1.165) is 96.6 Å². The molecule has 0 N–H and O–H groups in total. The van der Waals surface area contributed by atoms with Crippen LogP contribution in [0.4, 0.5) is 10.5 Å². The number of fused-ring (bicyclic) bond motifs is 1. The number of unbranched alkanes of at least 4 members (excludes halogenated alkanes) is 2. The fraction of sp³-hybridized carbons (Fsp3) is 0.680. The summed E-state index contributed by atoms with van der Waals surface area (Å²) in [5, 5.41) is 0. The van der Waals surface area contributed by atoms with Gasteiger partial charge in [0.1, 0.15) is 11.8 Å². The van der Waals surface area contributed by atoms with Crippen LogP contribution in [0.5, 0.6) is 5.75 Å². The van der Waals surface area contributed by atoms with Crippen LogP contribution in [-0.2, 0) is 4.79 Å². The van der Waals surface area contributed by atoms with Gasteiger partial charge < -0.3 is 14.5 Å². The SMILES string of the molecule is CCCCOc1ccccc1N1CCN(CCCCN2C(=O)C3CCCCN3C2=O)CC1. The first-order valence-electron chi connectivity index (χ1n) is 12.5. The van der Waals surface area contributed by atoms with Gasteiger partial charge in [0.25, 0.3) is 5.91 Å². The second-order valence-corrected chi connectivity index (χ2v) is 9.18. The highest BCUT2D eigenvalue weighted by Gasteiger charge is 2.45. The van der Waals surface area contributed by atoms with Crippen LogP contribution < -0.4 is 9.64 Å². The number of anilines is 1. The van der Waals surface area contributed by atoms with Gasteiger partial charge in [-0.15, -0.1) is 0 Å². The highest BCUT2D eigenvalue weighted by atomic mass is 16.5. The maximum absolute atomic E-state index is 12.6. The number of nitrogens with zero attached hydrogens (tertiary/aromatic N) is 4. The minimum atomic E-state index is -0.182. The Morgan fingerprint density at radius 2 is 1.72 bits per heavy atom. The first kappa shape index (κ1) is 22.9. The molecule has 3 aliphatic rings. The highest BCUT2D eigenvalue weighted by molar-refractivity contribution is 6.04. The number of ether oxygens (including phenoxy) is 1. The normalized spacial score (nSPS) is 21.9. The van der Waals surface area contributed by atoms with E-state index in [1.54, 1.807) is 4.90 Å². The van der Waals surface area contributed by atoms with Gasteiger partial charge in [-0.3, -0.25) is 14.6 Å². The third kappa shape index (κ3) is 5.20.